The topological polar surface area (TPSA) is 116 Å². The number of nitrogens with two attached hydrogens (primary N) is 1. The van der Waals surface area contributed by atoms with E-state index in [9.17, 15) is 9.18 Å². The van der Waals surface area contributed by atoms with Crippen molar-refractivity contribution in [1.82, 2.24) is 19.9 Å². The summed E-state index contributed by atoms with van der Waals surface area (Å²) >= 11 is 0. The molecule has 2 aromatic heterocycles. The van der Waals surface area contributed by atoms with Gasteiger partial charge in [-0.1, -0.05) is 17.3 Å². The highest BCUT2D eigenvalue weighted by atomic mass is 19.1. The van der Waals surface area contributed by atoms with Gasteiger partial charge >= 0.3 is 6.09 Å². The molecule has 2 aliphatic rings. The summed E-state index contributed by atoms with van der Waals surface area (Å²) in [5.74, 6) is 0.00894. The zero-order valence-corrected chi connectivity index (χ0v) is 23.4. The molecule has 1 saturated heterocycles. The number of amides is 1. The van der Waals surface area contributed by atoms with E-state index in [0.29, 0.717) is 32.5 Å². The zero-order chi connectivity index (χ0) is 28.4. The highest BCUT2D eigenvalue weighted by molar-refractivity contribution is 6.03. The first-order valence-corrected chi connectivity index (χ1v) is 13.6. The molecule has 2 N–H and O–H groups in total. The number of aryl methyl sites for hydroxylation is 1. The van der Waals surface area contributed by atoms with E-state index in [-0.39, 0.29) is 29.7 Å². The normalized spacial score (nSPS) is 19.9. The third-order valence-corrected chi connectivity index (χ3v) is 7.20. The molecule has 1 amide bonds. The molecular formula is C30H35FN6O3. The first kappa shape index (κ1) is 27.5. The van der Waals surface area contributed by atoms with Gasteiger partial charge in [0.15, 0.2) is 0 Å². The van der Waals surface area contributed by atoms with E-state index in [1.165, 1.54) is 6.07 Å². The molecule has 1 aliphatic heterocycles. The van der Waals surface area contributed by atoms with Crippen LogP contribution in [0.15, 0.2) is 47.9 Å². The van der Waals surface area contributed by atoms with Crippen molar-refractivity contribution in [3.63, 3.8) is 0 Å². The lowest BCUT2D eigenvalue weighted by Crippen LogP contribution is -2.35. The van der Waals surface area contributed by atoms with Gasteiger partial charge < -0.3 is 20.2 Å². The number of carbonyl (C=O) groups is 1. The highest BCUT2D eigenvalue weighted by Gasteiger charge is 2.32. The molecule has 1 aliphatic carbocycles. The number of fused-ring (bicyclic) bond motifs is 1. The summed E-state index contributed by atoms with van der Waals surface area (Å²) in [6, 6.07) is 8.62. The smallest absolute Gasteiger partial charge is 0.410 e. The monoisotopic (exact) mass is 546 g/mol. The largest absolute Gasteiger partial charge is 0.444 e. The average molecular weight is 547 g/mol. The molecule has 0 bridgehead atoms. The lowest BCUT2D eigenvalue weighted by Gasteiger charge is -2.28. The second-order valence-corrected chi connectivity index (χ2v) is 11.5. The minimum absolute atomic E-state index is 0.0338. The van der Waals surface area contributed by atoms with Gasteiger partial charge in [-0.05, 0) is 75.8 Å². The van der Waals surface area contributed by atoms with Gasteiger partial charge in [0.05, 0.1) is 17.1 Å². The van der Waals surface area contributed by atoms with Crippen LogP contribution in [-0.4, -0.2) is 57.0 Å². The molecule has 0 radical (unpaired) electrons. The van der Waals surface area contributed by atoms with Crippen LogP contribution >= 0.6 is 0 Å². The number of hydrogen-bond acceptors (Lipinski definition) is 8. The third-order valence-electron chi connectivity index (χ3n) is 7.20. The van der Waals surface area contributed by atoms with Crippen molar-refractivity contribution in [1.29, 1.82) is 0 Å². The minimum Gasteiger partial charge on any atom is -0.444 e. The van der Waals surface area contributed by atoms with Crippen LogP contribution in [0.5, 0.6) is 0 Å². The molecule has 9 nitrogen and oxygen atoms in total. The van der Waals surface area contributed by atoms with Gasteiger partial charge in [0.25, 0.3) is 0 Å². The van der Waals surface area contributed by atoms with Crippen molar-refractivity contribution in [3.8, 4) is 11.1 Å². The number of ether oxygens (including phenoxy) is 1. The molecule has 2 atom stereocenters. The number of aromatic nitrogens is 3. The van der Waals surface area contributed by atoms with Crippen LogP contribution in [0, 0.1) is 18.7 Å². The number of oxime groups is 1. The Kier molecular flexibility index (Phi) is 7.69. The zero-order valence-electron chi connectivity index (χ0n) is 23.4. The van der Waals surface area contributed by atoms with Crippen molar-refractivity contribution in [2.24, 2.45) is 11.1 Å². The van der Waals surface area contributed by atoms with Gasteiger partial charge in [0.2, 0.25) is 5.95 Å². The number of pyridine rings is 1. The fourth-order valence-corrected chi connectivity index (χ4v) is 5.46. The maximum atomic E-state index is 14.4. The Hall–Kier alpha value is -4.08. The Morgan fingerprint density at radius 2 is 2.05 bits per heavy atom. The minimum atomic E-state index is -0.534. The second-order valence-electron chi connectivity index (χ2n) is 11.5. The van der Waals surface area contributed by atoms with Crippen molar-refractivity contribution in [2.75, 3.05) is 25.4 Å². The number of hydrogen-bond donors (Lipinski definition) is 1. The second kappa shape index (κ2) is 11.2. The average Bonchev–Trinajstić information content (AvgIpc) is 3.37. The Morgan fingerprint density at radius 3 is 2.80 bits per heavy atom. The van der Waals surface area contributed by atoms with Crippen molar-refractivity contribution >= 4 is 17.8 Å². The van der Waals surface area contributed by atoms with E-state index in [0.717, 1.165) is 45.8 Å². The summed E-state index contributed by atoms with van der Waals surface area (Å²) in [5.41, 5.74) is 11.2. The summed E-state index contributed by atoms with van der Waals surface area (Å²) in [7, 11) is 0. The quantitative estimate of drug-likeness (QED) is 0.433. The van der Waals surface area contributed by atoms with Gasteiger partial charge in [-0.25, -0.2) is 19.2 Å². The molecule has 5 rings (SSSR count). The maximum absolute atomic E-state index is 14.4. The molecule has 1 fully saturated rings. The SMILES string of the molecule is Cc1nc(N)nc2c1/C(=N/OC[C@@H]1CCN(C(=O)OC(C)(C)C)C1)CC(c1ccc(F)cc1-c1cccnc1)C2. The highest BCUT2D eigenvalue weighted by Crippen LogP contribution is 2.38. The molecule has 40 heavy (non-hydrogen) atoms. The Labute approximate surface area is 233 Å². The number of nitrogens with zero attached hydrogens (tertiary/aromatic N) is 5. The first-order chi connectivity index (χ1) is 19.1. The van der Waals surface area contributed by atoms with E-state index >= 15 is 0 Å². The maximum Gasteiger partial charge on any atom is 0.410 e. The van der Waals surface area contributed by atoms with Crippen molar-refractivity contribution < 1.29 is 18.8 Å². The molecule has 3 aromatic rings. The van der Waals surface area contributed by atoms with Gasteiger partial charge in [0, 0.05) is 48.9 Å². The van der Waals surface area contributed by atoms with Crippen LogP contribution in [0.4, 0.5) is 15.1 Å². The summed E-state index contributed by atoms with van der Waals surface area (Å²) < 4.78 is 19.9. The molecule has 210 valence electrons. The number of anilines is 1. The predicted octanol–water partition coefficient (Wildman–Crippen LogP) is 5.28. The lowest BCUT2D eigenvalue weighted by atomic mass is 9.78. The number of benzene rings is 1. The van der Waals surface area contributed by atoms with Crippen LogP contribution < -0.4 is 5.73 Å². The molecule has 0 spiro atoms. The van der Waals surface area contributed by atoms with Crippen LogP contribution in [0.25, 0.3) is 11.1 Å². The fraction of sp³-hybridized carbons (Fsp3) is 0.433. The number of likely N-dealkylation sites (tertiary alicyclic amines) is 1. The van der Waals surface area contributed by atoms with E-state index < -0.39 is 5.60 Å². The Bertz CT molecular complexity index is 1420. The van der Waals surface area contributed by atoms with Crippen LogP contribution in [0.1, 0.15) is 62.0 Å². The molecule has 1 unspecified atom stereocenters. The number of nitrogen functional groups attached to an aromatic ring is 1. The molecular weight excluding hydrogens is 511 g/mol. The number of carbonyl (C=O) groups excluding carboxylic acids is 1. The van der Waals surface area contributed by atoms with Gasteiger partial charge in [-0.15, -0.1) is 0 Å². The van der Waals surface area contributed by atoms with E-state index in [2.05, 4.69) is 20.1 Å². The summed E-state index contributed by atoms with van der Waals surface area (Å²) in [6.07, 6.45) is 5.11. The van der Waals surface area contributed by atoms with E-state index in [4.69, 9.17) is 15.3 Å². The molecule has 1 aromatic carbocycles. The van der Waals surface area contributed by atoms with E-state index in [1.807, 2.05) is 45.9 Å². The predicted molar refractivity (Wildman–Crippen MR) is 150 cm³/mol. The molecule has 0 saturated carbocycles. The Morgan fingerprint density at radius 1 is 1.23 bits per heavy atom. The number of halogens is 1. The van der Waals surface area contributed by atoms with Crippen LogP contribution in [-0.2, 0) is 16.0 Å². The first-order valence-electron chi connectivity index (χ1n) is 13.6. The van der Waals surface area contributed by atoms with Gasteiger partial charge in [-0.2, -0.15) is 0 Å². The third kappa shape index (κ3) is 6.21. The molecule has 3 heterocycles. The lowest BCUT2D eigenvalue weighted by molar-refractivity contribution is 0.0275. The summed E-state index contributed by atoms with van der Waals surface area (Å²) in [4.78, 5) is 33.2. The summed E-state index contributed by atoms with van der Waals surface area (Å²) in [6.45, 7) is 9.02. The van der Waals surface area contributed by atoms with Crippen molar-refractivity contribution in [2.45, 2.75) is 58.5 Å². The van der Waals surface area contributed by atoms with Crippen molar-refractivity contribution in [3.05, 3.63) is 71.1 Å². The number of rotatable bonds is 5. The Balaban J connectivity index is 1.38. The van der Waals surface area contributed by atoms with Crippen LogP contribution in [0.3, 0.4) is 0 Å². The summed E-state index contributed by atoms with van der Waals surface area (Å²) in [5, 5.41) is 4.58. The van der Waals surface area contributed by atoms with Gasteiger partial charge in [0.1, 0.15) is 18.0 Å². The van der Waals surface area contributed by atoms with Crippen LogP contribution in [0.2, 0.25) is 0 Å². The standard InChI is InChI=1S/C30H35FN6O3/c1-18-27-25(35-28(32)34-18)12-21(23-8-7-22(31)14-24(23)20-6-5-10-33-15-20)13-26(27)36-39-17-19-9-11-37(16-19)29(38)40-30(2,3)4/h5-8,10,14-15,19,21H,9,11-13,16-17H2,1-4H3,(H2,32,34,35)/b36-26+/t19-,21?/m1/s1. The fourth-order valence-electron chi connectivity index (χ4n) is 5.46. The van der Waals surface area contributed by atoms with Gasteiger partial charge in [-0.3, -0.25) is 4.98 Å². The molecule has 10 heteroatoms. The van der Waals surface area contributed by atoms with E-state index in [1.54, 1.807) is 23.4 Å².